The second-order valence-electron chi connectivity index (χ2n) is 23.0. The van der Waals surface area contributed by atoms with Gasteiger partial charge in [-0.15, -0.1) is 0 Å². The van der Waals surface area contributed by atoms with Gasteiger partial charge in [-0.05, 0) is 131 Å². The Balaban J connectivity index is 0.711. The number of primary amides is 1. The molecule has 14 nitrogen and oxygen atoms in total. The molecule has 5 heterocycles. The fourth-order valence-corrected chi connectivity index (χ4v) is 13.9. The Morgan fingerprint density at radius 1 is 0.910 bits per heavy atom. The molecule has 19 heteroatoms. The number of halogens is 5. The Morgan fingerprint density at radius 2 is 1.62 bits per heavy atom. The molecule has 4 aromatic carbocycles. The number of carbonyl (C=O) groups is 3. The highest BCUT2D eigenvalue weighted by molar-refractivity contribution is 6.34. The van der Waals surface area contributed by atoms with Gasteiger partial charge in [-0.1, -0.05) is 62.7 Å². The number of anilines is 1. The number of amides is 4. The zero-order valence-corrected chi connectivity index (χ0v) is 45.7. The van der Waals surface area contributed by atoms with Crippen LogP contribution in [0.2, 0.25) is 5.02 Å². The minimum Gasteiger partial charge on any atom is -0.488 e. The number of aliphatic hydroxyl groups excluding tert-OH is 1. The number of aryl methyl sites for hydroxylation is 1. The van der Waals surface area contributed by atoms with E-state index in [1.54, 1.807) is 7.05 Å². The number of ether oxygens (including phenoxy) is 2. The maximum atomic E-state index is 16.5. The molecule has 10 rings (SSSR count). The average molecular weight is 1100 g/mol. The van der Waals surface area contributed by atoms with Gasteiger partial charge in [0.05, 0.1) is 22.6 Å². The van der Waals surface area contributed by atoms with Gasteiger partial charge in [-0.25, -0.2) is 22.4 Å². The van der Waals surface area contributed by atoms with Gasteiger partial charge in [-0.2, -0.15) is 5.10 Å². The lowest BCUT2D eigenvalue weighted by atomic mass is 9.72. The SMILES string of the molecule is C[C@H]1c2c(cc(F)c(Cl)c2-c2c(C(N)=O)ccc(OCCO)c2F)O[C@]1(CCNC1CCC(CN2CCC(C(C)(C)CN3CCC(c4c(F)cc5c(N6CCC(=O)NC6=O)nn(C)c5c4F)CC3)CC2)CC1)c1ccccc1. The predicted molar refractivity (Wildman–Crippen MR) is 291 cm³/mol. The highest BCUT2D eigenvalue weighted by atomic mass is 35.5. The highest BCUT2D eigenvalue weighted by Gasteiger charge is 2.50. The van der Waals surface area contributed by atoms with Crippen molar-refractivity contribution in [1.82, 2.24) is 30.2 Å². The number of urea groups is 1. The summed E-state index contributed by atoms with van der Waals surface area (Å²) >= 11 is 6.74. The van der Waals surface area contributed by atoms with E-state index >= 15 is 17.6 Å². The smallest absolute Gasteiger partial charge is 0.329 e. The standard InChI is InChI=1S/C59H71ClF4N8O6/c1-34-47-45(31-43(62)51(60)50(47)49-40(55(65)75)14-15-44(52(49)63)77-29-28-73)78-59(34,38-8-6-5-7-9-38)21-22-66-39-12-10-35(11-13-39)32-70-25-18-37(19-26-70)58(2,3)33-71-23-16-36(17-24-71)48-42(61)30-41-54(53(48)64)69(4)68-56(41)72-27-20-46(74)67-57(72)76/h5-9,14-15,30-31,34-37,39,66,73H,10-13,16-29,32-33H2,1-4H3,(H2,65,75)(H,67,74,76)/t34-,35?,39?,59-/m0/s1. The van der Waals surface area contributed by atoms with E-state index in [2.05, 4.69) is 39.4 Å². The molecule has 1 saturated carbocycles. The fourth-order valence-electron chi connectivity index (χ4n) is 13.7. The van der Waals surface area contributed by atoms with Crippen molar-refractivity contribution in [2.24, 2.45) is 30.0 Å². The van der Waals surface area contributed by atoms with Crippen molar-refractivity contribution in [3.63, 3.8) is 0 Å². The minimum atomic E-state index is -1.00. The van der Waals surface area contributed by atoms with E-state index in [0.717, 1.165) is 83.4 Å². The molecular formula is C59H71ClF4N8O6. The maximum absolute atomic E-state index is 16.5. The molecule has 5 aromatic rings. The zero-order chi connectivity index (χ0) is 55.2. The number of nitrogens with one attached hydrogen (secondary N) is 2. The molecule has 418 valence electrons. The monoisotopic (exact) mass is 1100 g/mol. The Labute approximate surface area is 457 Å². The Morgan fingerprint density at radius 3 is 2.29 bits per heavy atom. The Kier molecular flexibility index (Phi) is 16.2. The lowest BCUT2D eigenvalue weighted by Gasteiger charge is -2.45. The van der Waals surface area contributed by atoms with Gasteiger partial charge < -0.3 is 35.4 Å². The van der Waals surface area contributed by atoms with Gasteiger partial charge in [0.15, 0.2) is 23.2 Å². The summed E-state index contributed by atoms with van der Waals surface area (Å²) in [5.74, 6) is -3.91. The number of nitrogens with two attached hydrogens (primary N) is 1. The maximum Gasteiger partial charge on any atom is 0.329 e. The second-order valence-corrected chi connectivity index (χ2v) is 23.4. The number of fused-ring (bicyclic) bond motifs is 2. The summed E-state index contributed by atoms with van der Waals surface area (Å²) < 4.78 is 78.3. The minimum absolute atomic E-state index is 0.0220. The van der Waals surface area contributed by atoms with Crippen LogP contribution in [-0.2, 0) is 17.4 Å². The van der Waals surface area contributed by atoms with Crippen molar-refractivity contribution >= 4 is 46.2 Å². The van der Waals surface area contributed by atoms with Crippen LogP contribution in [0.5, 0.6) is 11.5 Å². The van der Waals surface area contributed by atoms with Crippen LogP contribution in [0.4, 0.5) is 28.2 Å². The van der Waals surface area contributed by atoms with Crippen molar-refractivity contribution in [3.05, 3.63) is 105 Å². The van der Waals surface area contributed by atoms with Crippen molar-refractivity contribution in [3.8, 4) is 22.6 Å². The summed E-state index contributed by atoms with van der Waals surface area (Å²) in [6.45, 7) is 12.4. The first-order chi connectivity index (χ1) is 37.4. The van der Waals surface area contributed by atoms with Crippen LogP contribution in [-0.4, -0.2) is 114 Å². The number of imide groups is 1. The molecule has 4 amide bonds. The van der Waals surface area contributed by atoms with Gasteiger partial charge in [0.25, 0.3) is 0 Å². The molecule has 0 bridgehead atoms. The van der Waals surface area contributed by atoms with Crippen LogP contribution < -0.4 is 30.7 Å². The van der Waals surface area contributed by atoms with Gasteiger partial charge in [0, 0.05) is 79.8 Å². The third-order valence-corrected chi connectivity index (χ3v) is 18.2. The van der Waals surface area contributed by atoms with Gasteiger partial charge >= 0.3 is 6.03 Å². The van der Waals surface area contributed by atoms with Crippen LogP contribution in [0.15, 0.2) is 54.6 Å². The van der Waals surface area contributed by atoms with Crippen molar-refractivity contribution in [1.29, 1.82) is 0 Å². The van der Waals surface area contributed by atoms with E-state index in [9.17, 15) is 19.5 Å². The molecule has 4 fully saturated rings. The van der Waals surface area contributed by atoms with Crippen LogP contribution >= 0.6 is 11.6 Å². The van der Waals surface area contributed by atoms with Crippen LogP contribution in [0.25, 0.3) is 22.0 Å². The fraction of sp³-hybridized carbons (Fsp3) is 0.525. The van der Waals surface area contributed by atoms with E-state index in [0.29, 0.717) is 49.2 Å². The Bertz CT molecular complexity index is 3070. The Hall–Kier alpha value is -5.79. The molecule has 1 aromatic heterocycles. The summed E-state index contributed by atoms with van der Waals surface area (Å²) in [6.07, 6.45) is 8.39. The first-order valence-corrected chi connectivity index (χ1v) is 28.0. The summed E-state index contributed by atoms with van der Waals surface area (Å²) in [4.78, 5) is 43.5. The molecule has 0 spiro atoms. The van der Waals surface area contributed by atoms with E-state index in [1.165, 1.54) is 33.8 Å². The predicted octanol–water partition coefficient (Wildman–Crippen LogP) is 9.91. The topological polar surface area (TPSA) is 168 Å². The molecule has 78 heavy (non-hydrogen) atoms. The molecule has 2 atom stereocenters. The average Bonchev–Trinajstić information content (AvgIpc) is 4.13. The van der Waals surface area contributed by atoms with Crippen LogP contribution in [0, 0.1) is 40.5 Å². The molecule has 0 unspecified atom stereocenters. The molecule has 5 aliphatic rings. The third-order valence-electron chi connectivity index (χ3n) is 17.8. The summed E-state index contributed by atoms with van der Waals surface area (Å²) in [7, 11) is 1.58. The highest BCUT2D eigenvalue weighted by Crippen LogP contribution is 2.58. The van der Waals surface area contributed by atoms with E-state index in [4.69, 9.17) is 26.8 Å². The molecular weight excluding hydrogens is 1030 g/mol. The first-order valence-electron chi connectivity index (χ1n) is 27.7. The molecule has 1 aliphatic carbocycles. The van der Waals surface area contributed by atoms with E-state index < -0.39 is 52.6 Å². The quantitative estimate of drug-likeness (QED) is 0.0659. The number of nitrogens with zero attached hydrogens (tertiary/aromatic N) is 5. The number of aromatic nitrogens is 2. The number of rotatable bonds is 17. The van der Waals surface area contributed by atoms with Gasteiger partial charge in [0.2, 0.25) is 11.8 Å². The third kappa shape index (κ3) is 10.7. The molecule has 4 aliphatic heterocycles. The van der Waals surface area contributed by atoms with Crippen LogP contribution in [0.1, 0.15) is 124 Å². The largest absolute Gasteiger partial charge is 0.488 e. The number of likely N-dealkylation sites (tertiary alicyclic amines) is 2. The summed E-state index contributed by atoms with van der Waals surface area (Å²) in [6, 6.07) is 14.5. The first kappa shape index (κ1) is 55.5. The molecule has 5 N–H and O–H groups in total. The van der Waals surface area contributed by atoms with Crippen molar-refractivity contribution < 1.29 is 46.5 Å². The number of aliphatic hydroxyl groups is 1. The zero-order valence-electron chi connectivity index (χ0n) is 44.9. The number of hydrogen-bond acceptors (Lipinski definition) is 10. The molecule has 0 radical (unpaired) electrons. The summed E-state index contributed by atoms with van der Waals surface area (Å²) in [5.41, 5.74) is 5.88. The van der Waals surface area contributed by atoms with E-state index in [-0.39, 0.29) is 93.0 Å². The van der Waals surface area contributed by atoms with Crippen molar-refractivity contribution in [2.45, 2.75) is 108 Å². The number of carbonyl (C=O) groups excluding carboxylic acids is 3. The van der Waals surface area contributed by atoms with Gasteiger partial charge in [-0.3, -0.25) is 24.5 Å². The van der Waals surface area contributed by atoms with E-state index in [1.807, 2.05) is 37.3 Å². The number of hydrogen-bond donors (Lipinski definition) is 4. The number of benzene rings is 4. The normalized spacial score (nSPS) is 22.9. The van der Waals surface area contributed by atoms with Crippen LogP contribution in [0.3, 0.4) is 0 Å². The second kappa shape index (κ2) is 22.8. The summed E-state index contributed by atoms with van der Waals surface area (Å²) in [5, 5.41) is 19.7. The number of piperidine rings is 2. The lowest BCUT2D eigenvalue weighted by molar-refractivity contribution is -0.120. The molecule has 3 saturated heterocycles. The lowest BCUT2D eigenvalue weighted by Crippen LogP contribution is -2.49. The van der Waals surface area contributed by atoms with Gasteiger partial charge in [0.1, 0.15) is 35.1 Å². The van der Waals surface area contributed by atoms with Crippen molar-refractivity contribution in [2.75, 3.05) is 70.5 Å².